The average molecular weight is 266 g/mol. The van der Waals surface area contributed by atoms with Crippen molar-refractivity contribution in [3.8, 4) is 11.5 Å². The van der Waals surface area contributed by atoms with Gasteiger partial charge in [-0.25, -0.2) is 0 Å². The molecule has 1 aromatic rings. The van der Waals surface area contributed by atoms with Crippen LogP contribution in [0, 0.1) is 5.92 Å². The van der Waals surface area contributed by atoms with E-state index in [4.69, 9.17) is 9.47 Å². The first-order valence-electron chi connectivity index (χ1n) is 6.38. The Kier molecular flexibility index (Phi) is 3.39. The van der Waals surface area contributed by atoms with Crippen LogP contribution in [0.5, 0.6) is 11.5 Å². The zero-order valence-electron chi connectivity index (χ0n) is 10.5. The maximum Gasteiger partial charge on any atom is 0.129 e. The maximum atomic E-state index is 10.2. The summed E-state index contributed by atoms with van der Waals surface area (Å²) in [6, 6.07) is 5.66. The van der Waals surface area contributed by atoms with Gasteiger partial charge in [-0.15, -0.1) is 0 Å². The zero-order chi connectivity index (χ0) is 12.5. The lowest BCUT2D eigenvalue weighted by Crippen LogP contribution is -2.32. The molecule has 2 unspecified atom stereocenters. The van der Waals surface area contributed by atoms with Gasteiger partial charge in [-0.3, -0.25) is 0 Å². The maximum absolute atomic E-state index is 10.2. The van der Waals surface area contributed by atoms with Crippen molar-refractivity contribution in [2.45, 2.75) is 25.0 Å². The lowest BCUT2D eigenvalue weighted by atomic mass is 9.91. The number of ether oxygens (including phenoxy) is 2. The highest BCUT2D eigenvalue weighted by molar-refractivity contribution is 7.99. The van der Waals surface area contributed by atoms with Crippen molar-refractivity contribution < 1.29 is 14.6 Å². The van der Waals surface area contributed by atoms with Crippen molar-refractivity contribution >= 4 is 11.8 Å². The lowest BCUT2D eigenvalue weighted by molar-refractivity contribution is 0.0400. The molecule has 2 heterocycles. The van der Waals surface area contributed by atoms with Crippen LogP contribution in [0.4, 0.5) is 0 Å². The van der Waals surface area contributed by atoms with Gasteiger partial charge in [0.15, 0.2) is 0 Å². The van der Waals surface area contributed by atoms with E-state index in [2.05, 4.69) is 0 Å². The van der Waals surface area contributed by atoms with Crippen LogP contribution >= 0.6 is 11.8 Å². The highest BCUT2D eigenvalue weighted by Gasteiger charge is 2.34. The summed E-state index contributed by atoms with van der Waals surface area (Å²) < 4.78 is 11.3. The van der Waals surface area contributed by atoms with E-state index >= 15 is 0 Å². The summed E-state index contributed by atoms with van der Waals surface area (Å²) in [6.07, 6.45) is 1.65. The molecule has 1 saturated heterocycles. The van der Waals surface area contributed by atoms with Crippen LogP contribution in [-0.2, 0) is 0 Å². The zero-order valence-corrected chi connectivity index (χ0v) is 11.3. The molecule has 2 aliphatic rings. The molecule has 3 nitrogen and oxygen atoms in total. The number of fused-ring (bicyclic) bond motifs is 1. The largest absolute Gasteiger partial charge is 0.497 e. The Morgan fingerprint density at radius 3 is 3.06 bits per heavy atom. The second-order valence-corrected chi connectivity index (χ2v) is 6.09. The minimum absolute atomic E-state index is 0.148. The van der Waals surface area contributed by atoms with Gasteiger partial charge in [0.05, 0.1) is 13.2 Å². The summed E-state index contributed by atoms with van der Waals surface area (Å²) >= 11 is 1.98. The van der Waals surface area contributed by atoms with Gasteiger partial charge in [0.1, 0.15) is 17.6 Å². The van der Waals surface area contributed by atoms with Crippen LogP contribution < -0.4 is 9.47 Å². The lowest BCUT2D eigenvalue weighted by Gasteiger charge is -2.33. The van der Waals surface area contributed by atoms with Crippen LogP contribution in [0.3, 0.4) is 0 Å². The third-order valence-corrected chi connectivity index (χ3v) is 4.99. The second-order valence-electron chi connectivity index (χ2n) is 4.94. The van der Waals surface area contributed by atoms with E-state index in [0.717, 1.165) is 22.8 Å². The molecule has 4 heteroatoms. The molecule has 1 aromatic carbocycles. The molecule has 2 aliphatic heterocycles. The Bertz CT molecular complexity index is 429. The van der Waals surface area contributed by atoms with Crippen molar-refractivity contribution in [1.82, 2.24) is 0 Å². The van der Waals surface area contributed by atoms with Gasteiger partial charge in [-0.1, -0.05) is 0 Å². The molecular weight excluding hydrogens is 248 g/mol. The highest BCUT2D eigenvalue weighted by Crippen LogP contribution is 2.41. The summed E-state index contributed by atoms with van der Waals surface area (Å²) in [7, 11) is 1.64. The fourth-order valence-electron chi connectivity index (χ4n) is 2.71. The van der Waals surface area contributed by atoms with Gasteiger partial charge >= 0.3 is 0 Å². The molecular formula is C14H18O3S. The third kappa shape index (κ3) is 2.19. The highest BCUT2D eigenvalue weighted by atomic mass is 32.2. The number of aliphatic hydroxyl groups excluding tert-OH is 1. The molecule has 0 amide bonds. The minimum atomic E-state index is -0.407. The molecule has 0 aromatic heterocycles. The van der Waals surface area contributed by atoms with Crippen LogP contribution in [0.1, 0.15) is 24.5 Å². The fourth-order valence-corrected chi connectivity index (χ4v) is 4.03. The molecule has 0 radical (unpaired) electrons. The van der Waals surface area contributed by atoms with E-state index in [1.54, 1.807) is 7.11 Å². The molecule has 1 fully saturated rings. The molecule has 3 atom stereocenters. The van der Waals surface area contributed by atoms with Crippen LogP contribution in [0.25, 0.3) is 0 Å². The van der Waals surface area contributed by atoms with Crippen LogP contribution in [-0.4, -0.2) is 29.8 Å². The predicted molar refractivity (Wildman–Crippen MR) is 72.4 cm³/mol. The molecule has 0 saturated carbocycles. The van der Waals surface area contributed by atoms with Gasteiger partial charge < -0.3 is 14.6 Å². The molecule has 3 rings (SSSR count). The molecule has 98 valence electrons. The van der Waals surface area contributed by atoms with E-state index in [1.165, 1.54) is 12.2 Å². The van der Waals surface area contributed by atoms with Crippen molar-refractivity contribution in [1.29, 1.82) is 0 Å². The van der Waals surface area contributed by atoms with E-state index in [1.807, 2.05) is 30.0 Å². The molecule has 1 N–H and O–H groups in total. The van der Waals surface area contributed by atoms with Gasteiger partial charge in [0.2, 0.25) is 0 Å². The number of aliphatic hydroxyl groups is 1. The fraction of sp³-hybridized carbons (Fsp3) is 0.571. The number of methoxy groups -OCH3 is 1. The Hall–Kier alpha value is -0.870. The summed E-state index contributed by atoms with van der Waals surface area (Å²) in [6.45, 7) is 0. The summed E-state index contributed by atoms with van der Waals surface area (Å²) in [5.41, 5.74) is 0.887. The second kappa shape index (κ2) is 5.02. The Morgan fingerprint density at radius 1 is 1.44 bits per heavy atom. The number of hydrogen-bond acceptors (Lipinski definition) is 4. The molecule has 0 aliphatic carbocycles. The van der Waals surface area contributed by atoms with E-state index in [9.17, 15) is 5.11 Å². The van der Waals surface area contributed by atoms with Crippen LogP contribution in [0.2, 0.25) is 0 Å². The number of benzene rings is 1. The van der Waals surface area contributed by atoms with Gasteiger partial charge in [-0.05, 0) is 30.1 Å². The quantitative estimate of drug-likeness (QED) is 0.893. The van der Waals surface area contributed by atoms with Gasteiger partial charge in [0, 0.05) is 24.0 Å². The first-order chi connectivity index (χ1) is 8.78. The van der Waals surface area contributed by atoms with Crippen molar-refractivity contribution in [2.24, 2.45) is 5.92 Å². The van der Waals surface area contributed by atoms with E-state index in [0.29, 0.717) is 12.3 Å². The minimum Gasteiger partial charge on any atom is -0.497 e. The first-order valence-corrected chi connectivity index (χ1v) is 7.54. The monoisotopic (exact) mass is 266 g/mol. The smallest absolute Gasteiger partial charge is 0.129 e. The normalized spacial score (nSPS) is 30.7. The van der Waals surface area contributed by atoms with Gasteiger partial charge in [0.25, 0.3) is 0 Å². The Balaban J connectivity index is 1.85. The third-order valence-electron chi connectivity index (χ3n) is 3.80. The predicted octanol–water partition coefficient (Wildman–Crippen LogP) is 2.63. The summed E-state index contributed by atoms with van der Waals surface area (Å²) in [4.78, 5) is 0. The van der Waals surface area contributed by atoms with Crippen molar-refractivity contribution in [3.05, 3.63) is 23.8 Å². The average Bonchev–Trinajstić information content (AvgIpc) is 2.91. The van der Waals surface area contributed by atoms with Crippen LogP contribution in [0.15, 0.2) is 18.2 Å². The summed E-state index contributed by atoms with van der Waals surface area (Å²) in [5.74, 6) is 4.50. The topological polar surface area (TPSA) is 38.7 Å². The number of thioether (sulfide) groups is 1. The van der Waals surface area contributed by atoms with E-state index in [-0.39, 0.29) is 6.10 Å². The molecule has 0 bridgehead atoms. The SMILES string of the molecule is COc1ccc2c(c1)OC(C1CCSC1)C[C@@H]2O. The Morgan fingerprint density at radius 2 is 2.33 bits per heavy atom. The molecule has 18 heavy (non-hydrogen) atoms. The van der Waals surface area contributed by atoms with Crippen molar-refractivity contribution in [3.63, 3.8) is 0 Å². The van der Waals surface area contributed by atoms with E-state index < -0.39 is 6.10 Å². The molecule has 0 spiro atoms. The van der Waals surface area contributed by atoms with Crippen molar-refractivity contribution in [2.75, 3.05) is 18.6 Å². The van der Waals surface area contributed by atoms with Gasteiger partial charge in [-0.2, -0.15) is 11.8 Å². The standard InChI is InChI=1S/C14H18O3S/c1-16-10-2-3-11-12(15)7-13(17-14(11)6-10)9-4-5-18-8-9/h2-3,6,9,12-13,15H,4-5,7-8H2,1H3/t9?,12-,13?/m0/s1. The number of rotatable bonds is 2. The number of hydrogen-bond donors (Lipinski definition) is 1. The first kappa shape index (κ1) is 12.2. The Labute approximate surface area is 111 Å². The summed E-state index contributed by atoms with van der Waals surface area (Å²) in [5, 5.41) is 10.2.